The molecule has 0 spiro atoms. The highest BCUT2D eigenvalue weighted by atomic mass is 32.2. The number of benzene rings is 2. The lowest BCUT2D eigenvalue weighted by Crippen LogP contribution is -2.28. The van der Waals surface area contributed by atoms with Gasteiger partial charge in [-0.15, -0.1) is 0 Å². The first kappa shape index (κ1) is 20.2. The Morgan fingerprint density at radius 2 is 1.89 bits per heavy atom. The largest absolute Gasteiger partial charge is 0.482 e. The second kappa shape index (κ2) is 7.10. The minimum Gasteiger partial charge on any atom is -0.482 e. The molecule has 28 heavy (non-hydrogen) atoms. The number of carbonyl (C=O) groups is 1. The third-order valence-electron chi connectivity index (χ3n) is 4.29. The molecule has 2 N–H and O–H groups in total. The maximum absolute atomic E-state index is 13.1. The Hall–Kier alpha value is -2.59. The fraction of sp³-hybridized carbons (Fsp3) is 0.278. The van der Waals surface area contributed by atoms with Crippen LogP contribution in [-0.2, 0) is 21.0 Å². The summed E-state index contributed by atoms with van der Waals surface area (Å²) in [5.74, 6) is 0.115. The van der Waals surface area contributed by atoms with Crippen LogP contribution in [0.5, 0.6) is 5.75 Å². The third kappa shape index (κ3) is 4.12. The number of alkyl halides is 3. The number of fused-ring (bicyclic) bond motifs is 1. The van der Waals surface area contributed by atoms with Crippen LogP contribution in [0.2, 0.25) is 0 Å². The van der Waals surface area contributed by atoms with Gasteiger partial charge in [-0.1, -0.05) is 12.1 Å². The van der Waals surface area contributed by atoms with Crippen LogP contribution in [0.1, 0.15) is 29.7 Å². The molecule has 0 aliphatic carbocycles. The van der Waals surface area contributed by atoms with Crippen molar-refractivity contribution in [3.05, 3.63) is 53.1 Å². The number of ether oxygens (including phenoxy) is 1. The molecule has 1 aliphatic heterocycles. The Bertz CT molecular complexity index is 1040. The number of sulfonamides is 1. The average molecular weight is 414 g/mol. The van der Waals surface area contributed by atoms with Gasteiger partial charge in [0.1, 0.15) is 5.75 Å². The van der Waals surface area contributed by atoms with Crippen LogP contribution >= 0.6 is 0 Å². The number of anilines is 1. The van der Waals surface area contributed by atoms with Crippen LogP contribution in [0.25, 0.3) is 0 Å². The van der Waals surface area contributed by atoms with Crippen molar-refractivity contribution in [3.8, 4) is 5.75 Å². The van der Waals surface area contributed by atoms with E-state index in [1.807, 2.05) is 0 Å². The molecule has 1 heterocycles. The summed E-state index contributed by atoms with van der Waals surface area (Å²) < 4.78 is 72.0. The molecule has 3 rings (SSSR count). The Morgan fingerprint density at radius 3 is 2.57 bits per heavy atom. The van der Waals surface area contributed by atoms with Gasteiger partial charge in [0.25, 0.3) is 5.91 Å². The number of rotatable bonds is 4. The van der Waals surface area contributed by atoms with Gasteiger partial charge in [0.15, 0.2) is 6.61 Å². The van der Waals surface area contributed by atoms with Crippen molar-refractivity contribution in [2.24, 2.45) is 0 Å². The monoisotopic (exact) mass is 414 g/mol. The quantitative estimate of drug-likeness (QED) is 0.803. The second-order valence-electron chi connectivity index (χ2n) is 6.41. The molecular formula is C18H17F3N2O4S. The SMILES string of the molecule is Cc1ccc(S(=O)(=O)NC(C)c2ccc3c(c2)NC(=O)CO3)cc1C(F)(F)F. The Morgan fingerprint density at radius 1 is 1.18 bits per heavy atom. The number of nitrogens with one attached hydrogen (secondary N) is 2. The highest BCUT2D eigenvalue weighted by Gasteiger charge is 2.34. The summed E-state index contributed by atoms with van der Waals surface area (Å²) in [4.78, 5) is 10.9. The van der Waals surface area contributed by atoms with Crippen molar-refractivity contribution in [2.75, 3.05) is 11.9 Å². The van der Waals surface area contributed by atoms with Crippen LogP contribution < -0.4 is 14.8 Å². The lowest BCUT2D eigenvalue weighted by Gasteiger charge is -2.21. The maximum Gasteiger partial charge on any atom is 0.416 e. The molecule has 2 aromatic rings. The molecular weight excluding hydrogens is 397 g/mol. The number of carbonyl (C=O) groups excluding carboxylic acids is 1. The minimum atomic E-state index is -4.65. The van der Waals surface area contributed by atoms with Crippen LogP contribution in [0.4, 0.5) is 18.9 Å². The van der Waals surface area contributed by atoms with Gasteiger partial charge in [-0.05, 0) is 49.2 Å². The van der Waals surface area contributed by atoms with E-state index in [1.54, 1.807) is 25.1 Å². The molecule has 0 saturated heterocycles. The van der Waals surface area contributed by atoms with E-state index < -0.39 is 32.7 Å². The third-order valence-corrected chi connectivity index (χ3v) is 5.83. The molecule has 1 amide bonds. The van der Waals surface area contributed by atoms with E-state index in [2.05, 4.69) is 10.0 Å². The first-order valence-corrected chi connectivity index (χ1v) is 9.72. The van der Waals surface area contributed by atoms with Crippen molar-refractivity contribution in [1.29, 1.82) is 0 Å². The van der Waals surface area contributed by atoms with E-state index in [4.69, 9.17) is 4.74 Å². The predicted octanol–water partition coefficient (Wildman–Crippen LogP) is 3.38. The number of hydrogen-bond donors (Lipinski definition) is 2. The summed E-state index contributed by atoms with van der Waals surface area (Å²) in [6, 6.07) is 6.85. The van der Waals surface area contributed by atoms with Gasteiger partial charge in [0.2, 0.25) is 10.0 Å². The maximum atomic E-state index is 13.1. The molecule has 6 nitrogen and oxygen atoms in total. The van der Waals surface area contributed by atoms with Crippen molar-refractivity contribution in [2.45, 2.75) is 31.0 Å². The fourth-order valence-electron chi connectivity index (χ4n) is 2.81. The molecule has 150 valence electrons. The summed E-state index contributed by atoms with van der Waals surface area (Å²) in [7, 11) is -4.21. The zero-order chi connectivity index (χ0) is 20.7. The van der Waals surface area contributed by atoms with Gasteiger partial charge < -0.3 is 10.1 Å². The predicted molar refractivity (Wildman–Crippen MR) is 95.5 cm³/mol. The molecule has 0 aromatic heterocycles. The fourth-order valence-corrected chi connectivity index (χ4v) is 4.07. The van der Waals surface area contributed by atoms with Gasteiger partial charge in [-0.25, -0.2) is 13.1 Å². The molecule has 1 aliphatic rings. The van der Waals surface area contributed by atoms with Crippen LogP contribution in [0.3, 0.4) is 0 Å². The van der Waals surface area contributed by atoms with Gasteiger partial charge in [0, 0.05) is 6.04 Å². The Labute approximate surface area is 159 Å². The highest BCUT2D eigenvalue weighted by molar-refractivity contribution is 7.89. The smallest absolute Gasteiger partial charge is 0.416 e. The van der Waals surface area contributed by atoms with E-state index >= 15 is 0 Å². The average Bonchev–Trinajstić information content (AvgIpc) is 2.59. The summed E-state index contributed by atoms with van der Waals surface area (Å²) in [6.07, 6.45) is -4.65. The van der Waals surface area contributed by atoms with E-state index in [9.17, 15) is 26.4 Å². The lowest BCUT2D eigenvalue weighted by molar-refractivity contribution is -0.138. The van der Waals surface area contributed by atoms with Crippen molar-refractivity contribution >= 4 is 21.6 Å². The molecule has 1 atom stereocenters. The van der Waals surface area contributed by atoms with Gasteiger partial charge in [-0.3, -0.25) is 4.79 Å². The normalized spacial score (nSPS) is 15.4. The first-order chi connectivity index (χ1) is 13.0. The van der Waals surface area contributed by atoms with E-state index in [1.165, 1.54) is 6.92 Å². The van der Waals surface area contributed by atoms with E-state index in [0.29, 0.717) is 23.1 Å². The number of halogens is 3. The zero-order valence-electron chi connectivity index (χ0n) is 14.9. The zero-order valence-corrected chi connectivity index (χ0v) is 15.7. The Kier molecular flexibility index (Phi) is 5.11. The molecule has 0 saturated carbocycles. The van der Waals surface area contributed by atoms with Crippen LogP contribution in [-0.4, -0.2) is 20.9 Å². The molecule has 10 heteroatoms. The second-order valence-corrected chi connectivity index (χ2v) is 8.12. The van der Waals surface area contributed by atoms with Crippen molar-refractivity contribution in [1.82, 2.24) is 4.72 Å². The van der Waals surface area contributed by atoms with Crippen LogP contribution in [0, 0.1) is 6.92 Å². The summed E-state index contributed by atoms with van der Waals surface area (Å²) >= 11 is 0. The molecule has 0 radical (unpaired) electrons. The van der Waals surface area contributed by atoms with Gasteiger partial charge >= 0.3 is 6.18 Å². The molecule has 0 fully saturated rings. The van der Waals surface area contributed by atoms with E-state index in [0.717, 1.165) is 12.1 Å². The molecule has 0 bridgehead atoms. The number of hydrogen-bond acceptors (Lipinski definition) is 4. The van der Waals surface area contributed by atoms with Crippen molar-refractivity contribution in [3.63, 3.8) is 0 Å². The highest BCUT2D eigenvalue weighted by Crippen LogP contribution is 2.34. The summed E-state index contributed by atoms with van der Waals surface area (Å²) in [6.45, 7) is 2.70. The number of aryl methyl sites for hydroxylation is 1. The topological polar surface area (TPSA) is 84.5 Å². The lowest BCUT2D eigenvalue weighted by atomic mass is 10.1. The van der Waals surface area contributed by atoms with Crippen LogP contribution in [0.15, 0.2) is 41.3 Å². The minimum absolute atomic E-state index is 0.0649. The van der Waals surface area contributed by atoms with Gasteiger partial charge in [-0.2, -0.15) is 13.2 Å². The summed E-state index contributed by atoms with van der Waals surface area (Å²) in [5, 5.41) is 2.61. The number of amides is 1. The van der Waals surface area contributed by atoms with Crippen molar-refractivity contribution < 1.29 is 31.1 Å². The standard InChI is InChI=1S/C18H17F3N2O4S/c1-10-3-5-13(8-14(10)18(19,20)21)28(25,26)23-11(2)12-4-6-16-15(7-12)22-17(24)9-27-16/h3-8,11,23H,9H2,1-2H3,(H,22,24). The van der Waals surface area contributed by atoms with E-state index in [-0.39, 0.29) is 18.1 Å². The Balaban J connectivity index is 1.87. The molecule has 1 unspecified atom stereocenters. The summed E-state index contributed by atoms with van der Waals surface area (Å²) in [5.41, 5.74) is -0.160. The molecule has 2 aromatic carbocycles. The van der Waals surface area contributed by atoms with Gasteiger partial charge in [0.05, 0.1) is 16.1 Å². The first-order valence-electron chi connectivity index (χ1n) is 8.24.